The molecule has 2 unspecified atom stereocenters. The van der Waals surface area contributed by atoms with Gasteiger partial charge in [0.05, 0.1) is 5.91 Å². The summed E-state index contributed by atoms with van der Waals surface area (Å²) >= 11 is 0. The van der Waals surface area contributed by atoms with Crippen molar-refractivity contribution in [1.82, 2.24) is 0 Å². The molecule has 0 aromatic carbocycles. The summed E-state index contributed by atoms with van der Waals surface area (Å²) in [5.41, 5.74) is 7.43. The average Bonchev–Trinajstić information content (AvgIpc) is 1.80. The van der Waals surface area contributed by atoms with Gasteiger partial charge in [0, 0.05) is 5.92 Å². The maximum absolute atomic E-state index is 11.0. The van der Waals surface area contributed by atoms with Gasteiger partial charge < -0.3 is 10.5 Å². The summed E-state index contributed by atoms with van der Waals surface area (Å²) in [4.78, 5) is 11.0. The molecule has 1 aliphatic carbocycles. The van der Waals surface area contributed by atoms with Gasteiger partial charge in [0.1, 0.15) is 0 Å². The van der Waals surface area contributed by atoms with E-state index in [1.54, 1.807) is 0 Å². The first-order valence-electron chi connectivity index (χ1n) is 4.93. The largest absolute Gasteiger partial charge is 1.00 e. The molecule has 0 heterocycles. The monoisotopic (exact) mass is 267 g/mol. The molecule has 1 amide bonds. The SMILES string of the molecule is CC(C)(C)C1CC(C([NH-])=O)C1(C)C.[Rb+]. The summed E-state index contributed by atoms with van der Waals surface area (Å²) in [6, 6.07) is 0. The Bertz CT molecular complexity index is 230. The van der Waals surface area contributed by atoms with E-state index in [1.165, 1.54) is 0 Å². The van der Waals surface area contributed by atoms with Crippen LogP contribution < -0.4 is 58.2 Å². The molecule has 1 saturated carbocycles. The maximum Gasteiger partial charge on any atom is 1.00 e. The van der Waals surface area contributed by atoms with E-state index in [2.05, 4.69) is 34.6 Å². The molecule has 0 aromatic rings. The second kappa shape index (κ2) is 4.64. The number of nitrogens with one attached hydrogen (secondary N) is 1. The first-order chi connectivity index (χ1) is 5.67. The van der Waals surface area contributed by atoms with Crippen LogP contribution in [0.3, 0.4) is 0 Å². The fourth-order valence-electron chi connectivity index (χ4n) is 2.84. The van der Waals surface area contributed by atoms with Crippen molar-refractivity contribution in [3.05, 3.63) is 5.73 Å². The molecule has 76 valence electrons. The predicted octanol–water partition coefficient (Wildman–Crippen LogP) is 0.278. The Hall–Kier alpha value is 1.28. The van der Waals surface area contributed by atoms with E-state index in [4.69, 9.17) is 5.73 Å². The van der Waals surface area contributed by atoms with Crippen LogP contribution in [0.15, 0.2) is 0 Å². The van der Waals surface area contributed by atoms with Crippen LogP contribution in [0.1, 0.15) is 41.0 Å². The van der Waals surface area contributed by atoms with Crippen molar-refractivity contribution in [1.29, 1.82) is 0 Å². The first kappa shape index (κ1) is 15.3. The second-order valence-electron chi connectivity index (χ2n) is 5.89. The van der Waals surface area contributed by atoms with E-state index in [0.717, 1.165) is 6.42 Å². The van der Waals surface area contributed by atoms with Crippen molar-refractivity contribution in [3.63, 3.8) is 0 Å². The quantitative estimate of drug-likeness (QED) is 0.673. The molecule has 0 bridgehead atoms. The molecule has 1 aliphatic rings. The fraction of sp³-hybridized carbons (Fsp3) is 0.909. The van der Waals surface area contributed by atoms with Crippen LogP contribution in [-0.4, -0.2) is 5.91 Å². The maximum atomic E-state index is 11.0. The molecule has 0 radical (unpaired) electrons. The number of carbonyl (C=O) groups excluding carboxylic acids is 1. The van der Waals surface area contributed by atoms with Crippen LogP contribution in [-0.2, 0) is 4.79 Å². The topological polar surface area (TPSA) is 40.9 Å². The zero-order valence-corrected chi connectivity index (χ0v) is 15.2. The Morgan fingerprint density at radius 3 is 2.00 bits per heavy atom. The summed E-state index contributed by atoms with van der Waals surface area (Å²) in [6.07, 6.45) is 0.902. The van der Waals surface area contributed by atoms with Gasteiger partial charge >= 0.3 is 58.2 Å². The summed E-state index contributed by atoms with van der Waals surface area (Å²) in [5, 5.41) is 0. The zero-order valence-electron chi connectivity index (χ0n) is 10.3. The molecule has 1 fully saturated rings. The second-order valence-corrected chi connectivity index (χ2v) is 5.89. The molecule has 2 nitrogen and oxygen atoms in total. The van der Waals surface area contributed by atoms with Gasteiger partial charge in [-0.3, -0.25) is 0 Å². The van der Waals surface area contributed by atoms with Gasteiger partial charge in [-0.1, -0.05) is 34.6 Å². The normalized spacial score (nSPS) is 30.1. The molecule has 2 atom stereocenters. The van der Waals surface area contributed by atoms with Gasteiger partial charge in [0.25, 0.3) is 0 Å². The Labute approximate surface area is 136 Å². The number of amides is 1. The van der Waals surface area contributed by atoms with Gasteiger partial charge in [-0.25, -0.2) is 0 Å². The van der Waals surface area contributed by atoms with Crippen molar-refractivity contribution in [3.8, 4) is 0 Å². The van der Waals surface area contributed by atoms with Gasteiger partial charge in [0.2, 0.25) is 0 Å². The molecule has 1 rings (SSSR count). The third-order valence-corrected chi connectivity index (χ3v) is 3.63. The third-order valence-electron chi connectivity index (χ3n) is 3.63. The van der Waals surface area contributed by atoms with Crippen LogP contribution in [0, 0.1) is 22.7 Å². The minimum Gasteiger partial charge on any atom is -0.668 e. The number of hydrogen-bond donors (Lipinski definition) is 0. The fourth-order valence-corrected chi connectivity index (χ4v) is 2.84. The Morgan fingerprint density at radius 2 is 1.79 bits per heavy atom. The molecule has 0 aliphatic heterocycles. The van der Waals surface area contributed by atoms with Crippen molar-refractivity contribution in [2.45, 2.75) is 41.0 Å². The van der Waals surface area contributed by atoms with Crippen LogP contribution in [0.5, 0.6) is 0 Å². The molecule has 0 saturated heterocycles. The van der Waals surface area contributed by atoms with E-state index in [-0.39, 0.29) is 80.8 Å². The summed E-state index contributed by atoms with van der Waals surface area (Å²) in [5.74, 6) is 0.154. The molecular weight excluding hydrogens is 248 g/mol. The summed E-state index contributed by atoms with van der Waals surface area (Å²) < 4.78 is 0. The van der Waals surface area contributed by atoms with Crippen molar-refractivity contribution in [2.24, 2.45) is 22.7 Å². The molecule has 1 N–H and O–H groups in total. The van der Waals surface area contributed by atoms with Gasteiger partial charge in [-0.2, -0.15) is 0 Å². The summed E-state index contributed by atoms with van der Waals surface area (Å²) in [6.45, 7) is 10.9. The van der Waals surface area contributed by atoms with Gasteiger partial charge in [-0.15, -0.1) is 0 Å². The minimum absolute atomic E-state index is 0. The molecule has 0 spiro atoms. The van der Waals surface area contributed by atoms with Crippen molar-refractivity contribution >= 4 is 5.91 Å². The van der Waals surface area contributed by atoms with Gasteiger partial charge in [0.15, 0.2) is 0 Å². The summed E-state index contributed by atoms with van der Waals surface area (Å²) in [7, 11) is 0. The average molecular weight is 268 g/mol. The van der Waals surface area contributed by atoms with Gasteiger partial charge in [-0.05, 0) is 23.2 Å². The Kier molecular flexibility index (Phi) is 5.07. The smallest absolute Gasteiger partial charge is 0.668 e. The molecule has 0 aromatic heterocycles. The van der Waals surface area contributed by atoms with Crippen molar-refractivity contribution in [2.75, 3.05) is 0 Å². The standard InChI is InChI=1S/C11H21NO.Rb/c1-10(2,3)8-6-7(9(12)13)11(8,4)5;/h7-8H,6H2,1-5H3,(H2,12,13);/q;+1/p-1. The van der Waals surface area contributed by atoms with E-state index < -0.39 is 0 Å². The predicted molar refractivity (Wildman–Crippen MR) is 54.2 cm³/mol. The Balaban J connectivity index is 0.00000169. The Morgan fingerprint density at radius 1 is 1.36 bits per heavy atom. The third kappa shape index (κ3) is 2.69. The van der Waals surface area contributed by atoms with E-state index >= 15 is 0 Å². The zero-order chi connectivity index (χ0) is 10.4. The van der Waals surface area contributed by atoms with E-state index in [9.17, 15) is 4.79 Å². The number of hydrogen-bond acceptors (Lipinski definition) is 1. The molecule has 3 heteroatoms. The minimum atomic E-state index is -0.384. The number of rotatable bonds is 1. The van der Waals surface area contributed by atoms with Crippen LogP contribution in [0.2, 0.25) is 0 Å². The van der Waals surface area contributed by atoms with E-state index in [1.807, 2.05) is 0 Å². The number of carbonyl (C=O) groups is 1. The van der Waals surface area contributed by atoms with Crippen molar-refractivity contribution < 1.29 is 63.0 Å². The van der Waals surface area contributed by atoms with Crippen LogP contribution in [0.4, 0.5) is 0 Å². The first-order valence-corrected chi connectivity index (χ1v) is 4.93. The van der Waals surface area contributed by atoms with E-state index in [0.29, 0.717) is 5.92 Å². The molecule has 14 heavy (non-hydrogen) atoms. The van der Waals surface area contributed by atoms with Crippen LogP contribution >= 0.6 is 0 Å². The molecular formula is C11H20NORb. The van der Waals surface area contributed by atoms with Crippen LogP contribution in [0.25, 0.3) is 5.73 Å².